The van der Waals surface area contributed by atoms with Gasteiger partial charge in [0.15, 0.2) is 0 Å². The first kappa shape index (κ1) is 19.9. The summed E-state index contributed by atoms with van der Waals surface area (Å²) in [4.78, 5) is 40.3. The maximum Gasteiger partial charge on any atom is 0.255 e. The highest BCUT2D eigenvalue weighted by Crippen LogP contribution is 2.25. The van der Waals surface area contributed by atoms with Gasteiger partial charge >= 0.3 is 0 Å². The highest BCUT2D eigenvalue weighted by molar-refractivity contribution is 7.99. The molecule has 1 N–H and O–H groups in total. The Balaban J connectivity index is 1.27. The van der Waals surface area contributed by atoms with E-state index in [0.717, 1.165) is 36.5 Å². The number of rotatable bonds is 3. The molecule has 1 aromatic heterocycles. The second-order valence-electron chi connectivity index (χ2n) is 7.90. The number of anilines is 1. The molecule has 160 valence electrons. The third kappa shape index (κ3) is 3.99. The summed E-state index contributed by atoms with van der Waals surface area (Å²) in [5.74, 6) is 2.06. The molecule has 3 heterocycles. The first-order valence-electron chi connectivity index (χ1n) is 10.6. The summed E-state index contributed by atoms with van der Waals surface area (Å²) >= 11 is 1.64. The van der Waals surface area contributed by atoms with Gasteiger partial charge in [-0.3, -0.25) is 9.59 Å². The van der Waals surface area contributed by atoms with Gasteiger partial charge in [-0.1, -0.05) is 30.3 Å². The van der Waals surface area contributed by atoms with Crippen LogP contribution in [0.25, 0.3) is 11.0 Å². The smallest absolute Gasteiger partial charge is 0.255 e. The number of H-pyrrole nitrogens is 1. The number of benzene rings is 2. The summed E-state index contributed by atoms with van der Waals surface area (Å²) in [6.45, 7) is 2.89. The molecule has 0 bridgehead atoms. The Morgan fingerprint density at radius 3 is 2.61 bits per heavy atom. The molecule has 8 heteroatoms. The maximum atomic E-state index is 13.4. The first-order valence-corrected chi connectivity index (χ1v) is 11.8. The minimum atomic E-state index is -0.393. The van der Waals surface area contributed by atoms with Crippen LogP contribution in [0.15, 0.2) is 54.6 Å². The van der Waals surface area contributed by atoms with Crippen molar-refractivity contribution in [2.24, 2.45) is 0 Å². The molecule has 2 aliphatic rings. The number of para-hydroxylation sites is 2. The number of aromatic nitrogens is 2. The molecule has 31 heavy (non-hydrogen) atoms. The molecule has 7 nitrogen and oxygen atoms in total. The standard InChI is InChI=1S/C23H25N5O2S/c29-21(17-7-2-1-3-8-17)28-16-31-15-20(28)22(30)26-11-6-12-27(14-13-26)23-24-18-9-4-5-10-19(18)25-23/h1-5,7-10,20H,6,11-16H2,(H,24,25). The van der Waals surface area contributed by atoms with Gasteiger partial charge in [0.25, 0.3) is 5.91 Å². The zero-order chi connectivity index (χ0) is 21.2. The number of amides is 2. The SMILES string of the molecule is O=C(C1CSCN1C(=O)c1ccccc1)N1CCCN(c2nc3ccccc3[nH]2)CC1. The Bertz CT molecular complexity index is 1050. The van der Waals surface area contributed by atoms with Crippen LogP contribution >= 0.6 is 11.8 Å². The Morgan fingerprint density at radius 1 is 0.968 bits per heavy atom. The van der Waals surface area contributed by atoms with E-state index < -0.39 is 6.04 Å². The van der Waals surface area contributed by atoms with Gasteiger partial charge in [0.2, 0.25) is 11.9 Å². The minimum Gasteiger partial charge on any atom is -0.341 e. The fraction of sp³-hybridized carbons (Fsp3) is 0.348. The van der Waals surface area contributed by atoms with Crippen molar-refractivity contribution in [1.29, 1.82) is 0 Å². The lowest BCUT2D eigenvalue weighted by Crippen LogP contribution is -2.49. The maximum absolute atomic E-state index is 13.4. The number of carbonyl (C=O) groups excluding carboxylic acids is 2. The molecule has 0 radical (unpaired) electrons. The van der Waals surface area contributed by atoms with E-state index in [2.05, 4.69) is 9.88 Å². The van der Waals surface area contributed by atoms with Crippen LogP contribution in [0.3, 0.4) is 0 Å². The van der Waals surface area contributed by atoms with Gasteiger partial charge in [-0.15, -0.1) is 11.8 Å². The molecule has 1 unspecified atom stereocenters. The Morgan fingerprint density at radius 2 is 1.77 bits per heavy atom. The third-order valence-electron chi connectivity index (χ3n) is 5.93. The molecule has 2 fully saturated rings. The van der Waals surface area contributed by atoms with E-state index in [1.54, 1.807) is 16.7 Å². The van der Waals surface area contributed by atoms with Crippen LogP contribution in [-0.2, 0) is 4.79 Å². The van der Waals surface area contributed by atoms with Crippen molar-refractivity contribution in [3.05, 3.63) is 60.2 Å². The molecule has 0 spiro atoms. The Kier molecular flexibility index (Phi) is 5.55. The van der Waals surface area contributed by atoms with Crippen molar-refractivity contribution in [3.63, 3.8) is 0 Å². The second kappa shape index (κ2) is 8.63. The Hall–Kier alpha value is -3.00. The van der Waals surface area contributed by atoms with Gasteiger partial charge in [0.05, 0.1) is 16.9 Å². The van der Waals surface area contributed by atoms with Crippen molar-refractivity contribution in [3.8, 4) is 0 Å². The topological polar surface area (TPSA) is 72.5 Å². The fourth-order valence-electron chi connectivity index (χ4n) is 4.24. The zero-order valence-corrected chi connectivity index (χ0v) is 18.1. The van der Waals surface area contributed by atoms with Gasteiger partial charge in [0, 0.05) is 37.5 Å². The number of nitrogens with zero attached hydrogens (tertiary/aromatic N) is 4. The average Bonchev–Trinajstić information content (AvgIpc) is 3.40. The highest BCUT2D eigenvalue weighted by Gasteiger charge is 2.37. The number of hydrogen-bond acceptors (Lipinski definition) is 5. The van der Waals surface area contributed by atoms with Crippen LogP contribution < -0.4 is 4.90 Å². The van der Waals surface area contributed by atoms with Crippen molar-refractivity contribution in [1.82, 2.24) is 19.8 Å². The molecule has 2 aromatic carbocycles. The van der Waals surface area contributed by atoms with Crippen LogP contribution in [0.4, 0.5) is 5.95 Å². The molecular formula is C23H25N5O2S. The van der Waals surface area contributed by atoms with Gasteiger partial charge < -0.3 is 19.7 Å². The number of imidazole rings is 1. The molecular weight excluding hydrogens is 410 g/mol. The lowest BCUT2D eigenvalue weighted by molar-refractivity contribution is -0.134. The molecule has 3 aromatic rings. The van der Waals surface area contributed by atoms with Gasteiger partial charge in [0.1, 0.15) is 6.04 Å². The van der Waals surface area contributed by atoms with E-state index in [0.29, 0.717) is 30.3 Å². The molecule has 0 aliphatic carbocycles. The molecule has 2 saturated heterocycles. The highest BCUT2D eigenvalue weighted by atomic mass is 32.2. The molecule has 2 amide bonds. The minimum absolute atomic E-state index is 0.0562. The van der Waals surface area contributed by atoms with Crippen LogP contribution in [0.5, 0.6) is 0 Å². The number of thioether (sulfide) groups is 1. The van der Waals surface area contributed by atoms with E-state index in [-0.39, 0.29) is 11.8 Å². The van der Waals surface area contributed by atoms with E-state index in [1.807, 2.05) is 59.5 Å². The van der Waals surface area contributed by atoms with Crippen LogP contribution in [0.1, 0.15) is 16.8 Å². The molecule has 2 aliphatic heterocycles. The van der Waals surface area contributed by atoms with Crippen molar-refractivity contribution in [2.75, 3.05) is 42.7 Å². The van der Waals surface area contributed by atoms with E-state index in [4.69, 9.17) is 4.98 Å². The van der Waals surface area contributed by atoms with Crippen molar-refractivity contribution < 1.29 is 9.59 Å². The van der Waals surface area contributed by atoms with Crippen LogP contribution in [-0.4, -0.2) is 75.4 Å². The predicted octanol–water partition coefficient (Wildman–Crippen LogP) is 2.82. The molecule has 5 rings (SSSR count). The zero-order valence-electron chi connectivity index (χ0n) is 17.2. The van der Waals surface area contributed by atoms with Gasteiger partial charge in [-0.25, -0.2) is 4.98 Å². The normalized spacial score (nSPS) is 19.6. The lowest BCUT2D eigenvalue weighted by atomic mass is 10.1. The summed E-state index contributed by atoms with van der Waals surface area (Å²) in [7, 11) is 0. The predicted molar refractivity (Wildman–Crippen MR) is 123 cm³/mol. The van der Waals surface area contributed by atoms with Crippen molar-refractivity contribution in [2.45, 2.75) is 12.5 Å². The average molecular weight is 436 g/mol. The first-order chi connectivity index (χ1) is 15.2. The third-order valence-corrected chi connectivity index (χ3v) is 6.95. The second-order valence-corrected chi connectivity index (χ2v) is 8.90. The largest absolute Gasteiger partial charge is 0.341 e. The summed E-state index contributed by atoms with van der Waals surface area (Å²) in [5.41, 5.74) is 2.61. The Labute approximate surface area is 185 Å². The molecule has 0 saturated carbocycles. The number of hydrogen-bond donors (Lipinski definition) is 1. The summed E-state index contributed by atoms with van der Waals surface area (Å²) < 4.78 is 0. The van der Waals surface area contributed by atoms with E-state index >= 15 is 0 Å². The summed E-state index contributed by atoms with van der Waals surface area (Å²) in [6.07, 6.45) is 0.870. The van der Waals surface area contributed by atoms with Crippen LogP contribution in [0.2, 0.25) is 0 Å². The summed E-state index contributed by atoms with van der Waals surface area (Å²) in [5, 5.41) is 0. The summed E-state index contributed by atoms with van der Waals surface area (Å²) in [6, 6.07) is 16.8. The quantitative estimate of drug-likeness (QED) is 0.685. The number of fused-ring (bicyclic) bond motifs is 1. The van der Waals surface area contributed by atoms with Gasteiger partial charge in [-0.2, -0.15) is 0 Å². The lowest BCUT2D eigenvalue weighted by Gasteiger charge is -2.29. The monoisotopic (exact) mass is 435 g/mol. The number of aromatic amines is 1. The molecule has 1 atom stereocenters. The van der Waals surface area contributed by atoms with Crippen LogP contribution in [0, 0.1) is 0 Å². The number of nitrogens with one attached hydrogen (secondary N) is 1. The van der Waals surface area contributed by atoms with Crippen molar-refractivity contribution >= 4 is 40.6 Å². The van der Waals surface area contributed by atoms with E-state index in [1.165, 1.54) is 0 Å². The fourth-order valence-corrected chi connectivity index (χ4v) is 5.39. The number of carbonyl (C=O) groups is 2. The van der Waals surface area contributed by atoms with Gasteiger partial charge in [-0.05, 0) is 30.7 Å². The van der Waals surface area contributed by atoms with E-state index in [9.17, 15) is 9.59 Å².